The van der Waals surface area contributed by atoms with E-state index in [1.807, 2.05) is 13.8 Å². The Morgan fingerprint density at radius 1 is 1.37 bits per heavy atom. The quantitative estimate of drug-likeness (QED) is 0.817. The van der Waals surface area contributed by atoms with Crippen LogP contribution in [0.15, 0.2) is 0 Å². The first kappa shape index (κ1) is 14.8. The number of nitrogens with two attached hydrogens (primary N) is 1. The van der Waals surface area contributed by atoms with Gasteiger partial charge in [-0.3, -0.25) is 4.79 Å². The van der Waals surface area contributed by atoms with E-state index < -0.39 is 0 Å². The maximum absolute atomic E-state index is 12.5. The zero-order chi connectivity index (χ0) is 14.0. The van der Waals surface area contributed by atoms with Crippen molar-refractivity contribution >= 4 is 5.91 Å². The summed E-state index contributed by atoms with van der Waals surface area (Å²) in [4.78, 5) is 17.0. The van der Waals surface area contributed by atoms with Crippen molar-refractivity contribution in [2.75, 3.05) is 26.7 Å². The first-order valence-electron chi connectivity index (χ1n) is 7.73. The smallest absolute Gasteiger partial charge is 0.240 e. The molecule has 1 unspecified atom stereocenters. The summed E-state index contributed by atoms with van der Waals surface area (Å²) >= 11 is 0. The fraction of sp³-hybridized carbons (Fsp3) is 0.933. The van der Waals surface area contributed by atoms with Gasteiger partial charge in [-0.05, 0) is 51.1 Å². The molecule has 0 spiro atoms. The van der Waals surface area contributed by atoms with Gasteiger partial charge >= 0.3 is 0 Å². The Kier molecular flexibility index (Phi) is 4.85. The van der Waals surface area contributed by atoms with Gasteiger partial charge in [-0.2, -0.15) is 0 Å². The van der Waals surface area contributed by atoms with Gasteiger partial charge in [-0.15, -0.1) is 0 Å². The Bertz CT molecular complexity index is 315. The monoisotopic (exact) mass is 267 g/mol. The molecule has 2 aliphatic rings. The fourth-order valence-electron chi connectivity index (χ4n) is 2.98. The molecule has 0 radical (unpaired) electrons. The molecule has 110 valence electrons. The summed E-state index contributed by atoms with van der Waals surface area (Å²) in [5.74, 6) is 1.02. The van der Waals surface area contributed by atoms with Crippen LogP contribution in [0.5, 0.6) is 0 Å². The molecule has 2 N–H and O–H groups in total. The summed E-state index contributed by atoms with van der Waals surface area (Å²) in [5, 5.41) is 0. The molecule has 4 nitrogen and oxygen atoms in total. The predicted molar refractivity (Wildman–Crippen MR) is 77.8 cm³/mol. The van der Waals surface area contributed by atoms with E-state index in [1.165, 1.54) is 32.2 Å². The highest BCUT2D eigenvalue weighted by molar-refractivity contribution is 5.82. The number of rotatable bonds is 5. The van der Waals surface area contributed by atoms with E-state index in [4.69, 9.17) is 5.73 Å². The van der Waals surface area contributed by atoms with Crippen LogP contribution in [0.1, 0.15) is 39.5 Å². The average Bonchev–Trinajstić information content (AvgIpc) is 3.18. The van der Waals surface area contributed by atoms with Gasteiger partial charge in [0.25, 0.3) is 0 Å². The molecule has 0 aromatic heterocycles. The van der Waals surface area contributed by atoms with Crippen molar-refractivity contribution < 1.29 is 4.79 Å². The number of likely N-dealkylation sites (tertiary alicyclic amines) is 1. The molecule has 2 atom stereocenters. The normalized spacial score (nSPS) is 26.5. The highest BCUT2D eigenvalue weighted by atomic mass is 16.2. The molecule has 1 aliphatic heterocycles. The lowest BCUT2D eigenvalue weighted by atomic mass is 9.96. The average molecular weight is 267 g/mol. The largest absolute Gasteiger partial charge is 0.338 e. The number of nitrogens with zero attached hydrogens (tertiary/aromatic N) is 2. The minimum Gasteiger partial charge on any atom is -0.338 e. The van der Waals surface area contributed by atoms with Crippen molar-refractivity contribution in [2.45, 2.75) is 51.6 Å². The fourth-order valence-corrected chi connectivity index (χ4v) is 2.98. The number of carbonyl (C=O) groups is 1. The van der Waals surface area contributed by atoms with E-state index in [2.05, 4.69) is 16.8 Å². The molecule has 0 aromatic rings. The molecule has 2 rings (SSSR count). The summed E-state index contributed by atoms with van der Waals surface area (Å²) in [6.07, 6.45) is 4.83. The lowest BCUT2D eigenvalue weighted by molar-refractivity contribution is -0.135. The molecule has 1 amide bonds. The third kappa shape index (κ3) is 3.93. The van der Waals surface area contributed by atoms with E-state index in [9.17, 15) is 4.79 Å². The second-order valence-electron chi connectivity index (χ2n) is 6.76. The molecule has 1 saturated heterocycles. The SMILES string of the molecule is CC(C)[C@H](N)C(=O)N(CC1CCCN(C)C1)C1CC1. The van der Waals surface area contributed by atoms with Crippen LogP contribution < -0.4 is 5.73 Å². The van der Waals surface area contributed by atoms with Crippen molar-refractivity contribution in [1.82, 2.24) is 9.80 Å². The van der Waals surface area contributed by atoms with Crippen molar-refractivity contribution in [3.63, 3.8) is 0 Å². The van der Waals surface area contributed by atoms with Crippen LogP contribution in [0.4, 0.5) is 0 Å². The molecule has 1 aliphatic carbocycles. The van der Waals surface area contributed by atoms with Gasteiger partial charge in [0.05, 0.1) is 6.04 Å². The Balaban J connectivity index is 1.94. The number of piperidine rings is 1. The second-order valence-corrected chi connectivity index (χ2v) is 6.76. The molecule has 2 fully saturated rings. The van der Waals surface area contributed by atoms with Gasteiger partial charge in [0.1, 0.15) is 0 Å². The van der Waals surface area contributed by atoms with E-state index >= 15 is 0 Å². The van der Waals surface area contributed by atoms with Crippen LogP contribution >= 0.6 is 0 Å². The molecule has 0 aromatic carbocycles. The molecular weight excluding hydrogens is 238 g/mol. The van der Waals surface area contributed by atoms with Gasteiger partial charge in [0.2, 0.25) is 5.91 Å². The van der Waals surface area contributed by atoms with E-state index in [0.29, 0.717) is 12.0 Å². The minimum absolute atomic E-state index is 0.172. The standard InChI is InChI=1S/C15H29N3O/c1-11(2)14(16)15(19)18(13-6-7-13)10-12-5-4-8-17(3)9-12/h11-14H,4-10,16H2,1-3H3/t12?,14-/m0/s1. The van der Waals surface area contributed by atoms with Gasteiger partial charge in [-0.25, -0.2) is 0 Å². The van der Waals surface area contributed by atoms with Gasteiger partial charge < -0.3 is 15.5 Å². The van der Waals surface area contributed by atoms with E-state index in [-0.39, 0.29) is 17.9 Å². The highest BCUT2D eigenvalue weighted by Gasteiger charge is 2.37. The Labute approximate surface area is 117 Å². The number of hydrogen-bond donors (Lipinski definition) is 1. The number of hydrogen-bond acceptors (Lipinski definition) is 3. The molecule has 1 heterocycles. The zero-order valence-corrected chi connectivity index (χ0v) is 12.6. The van der Waals surface area contributed by atoms with Gasteiger partial charge in [0.15, 0.2) is 0 Å². The zero-order valence-electron chi connectivity index (χ0n) is 12.6. The maximum Gasteiger partial charge on any atom is 0.240 e. The van der Waals surface area contributed by atoms with Crippen molar-refractivity contribution in [3.8, 4) is 0 Å². The van der Waals surface area contributed by atoms with Crippen molar-refractivity contribution in [3.05, 3.63) is 0 Å². The first-order chi connectivity index (χ1) is 8.99. The summed E-state index contributed by atoms with van der Waals surface area (Å²) in [6.45, 7) is 7.28. The highest BCUT2D eigenvalue weighted by Crippen LogP contribution is 2.30. The third-order valence-corrected chi connectivity index (χ3v) is 4.45. The topological polar surface area (TPSA) is 49.6 Å². The minimum atomic E-state index is -0.332. The Hall–Kier alpha value is -0.610. The molecule has 1 saturated carbocycles. The molecule has 4 heteroatoms. The van der Waals surface area contributed by atoms with Crippen LogP contribution in [0.2, 0.25) is 0 Å². The van der Waals surface area contributed by atoms with E-state index in [1.54, 1.807) is 0 Å². The predicted octanol–water partition coefficient (Wildman–Crippen LogP) is 1.30. The summed E-state index contributed by atoms with van der Waals surface area (Å²) in [7, 11) is 2.18. The Morgan fingerprint density at radius 3 is 2.58 bits per heavy atom. The van der Waals surface area contributed by atoms with E-state index in [0.717, 1.165) is 13.1 Å². The number of carbonyl (C=O) groups excluding carboxylic acids is 1. The van der Waals surface area contributed by atoms with Crippen molar-refractivity contribution in [2.24, 2.45) is 17.6 Å². The van der Waals surface area contributed by atoms with Crippen LogP contribution in [-0.4, -0.2) is 54.5 Å². The number of amides is 1. The van der Waals surface area contributed by atoms with Crippen LogP contribution in [-0.2, 0) is 4.79 Å². The summed E-state index contributed by atoms with van der Waals surface area (Å²) in [5.41, 5.74) is 6.06. The lowest BCUT2D eigenvalue weighted by Gasteiger charge is -2.35. The summed E-state index contributed by atoms with van der Waals surface area (Å²) in [6, 6.07) is 0.145. The van der Waals surface area contributed by atoms with Crippen molar-refractivity contribution in [1.29, 1.82) is 0 Å². The first-order valence-corrected chi connectivity index (χ1v) is 7.73. The maximum atomic E-state index is 12.5. The van der Waals surface area contributed by atoms with Crippen LogP contribution in [0, 0.1) is 11.8 Å². The van der Waals surface area contributed by atoms with Crippen LogP contribution in [0.3, 0.4) is 0 Å². The summed E-state index contributed by atoms with van der Waals surface area (Å²) < 4.78 is 0. The molecular formula is C15H29N3O. The third-order valence-electron chi connectivity index (χ3n) is 4.45. The molecule has 0 bridgehead atoms. The Morgan fingerprint density at radius 2 is 2.05 bits per heavy atom. The molecule has 19 heavy (non-hydrogen) atoms. The van der Waals surface area contributed by atoms with Gasteiger partial charge in [-0.1, -0.05) is 13.8 Å². The van der Waals surface area contributed by atoms with Crippen LogP contribution in [0.25, 0.3) is 0 Å². The van der Waals surface area contributed by atoms with Gasteiger partial charge in [0, 0.05) is 19.1 Å². The lowest BCUT2D eigenvalue weighted by Crippen LogP contribution is -2.50. The second kappa shape index (κ2) is 6.23.